The van der Waals surface area contributed by atoms with Gasteiger partial charge in [0.2, 0.25) is 0 Å². The number of benzene rings is 3. The van der Waals surface area contributed by atoms with E-state index >= 15 is 0 Å². The van der Waals surface area contributed by atoms with Gasteiger partial charge in [-0.3, -0.25) is 0 Å². The highest BCUT2D eigenvalue weighted by Gasteiger charge is 2.07. The average molecular weight is 332 g/mol. The SMILES string of the molecule is COc1ccc2ccccc2c1CNCc1ccc(F)cc1.Cl. The van der Waals surface area contributed by atoms with Crippen LogP contribution in [0.2, 0.25) is 0 Å². The van der Waals surface area contributed by atoms with Crippen molar-refractivity contribution in [1.29, 1.82) is 0 Å². The Morgan fingerprint density at radius 3 is 2.39 bits per heavy atom. The fourth-order valence-corrected chi connectivity index (χ4v) is 2.62. The first-order valence-electron chi connectivity index (χ1n) is 7.27. The molecule has 0 radical (unpaired) electrons. The molecule has 0 saturated carbocycles. The van der Waals surface area contributed by atoms with Crippen LogP contribution in [0.5, 0.6) is 5.75 Å². The van der Waals surface area contributed by atoms with Gasteiger partial charge in [-0.2, -0.15) is 0 Å². The van der Waals surface area contributed by atoms with Gasteiger partial charge >= 0.3 is 0 Å². The summed E-state index contributed by atoms with van der Waals surface area (Å²) in [5, 5.41) is 5.79. The first kappa shape index (κ1) is 17.3. The van der Waals surface area contributed by atoms with Crippen molar-refractivity contribution in [3.8, 4) is 5.75 Å². The van der Waals surface area contributed by atoms with Gasteiger partial charge in [0.1, 0.15) is 11.6 Å². The summed E-state index contributed by atoms with van der Waals surface area (Å²) in [6, 6.07) is 18.9. The fourth-order valence-electron chi connectivity index (χ4n) is 2.62. The number of fused-ring (bicyclic) bond motifs is 1. The summed E-state index contributed by atoms with van der Waals surface area (Å²) in [5.41, 5.74) is 2.20. The Morgan fingerprint density at radius 2 is 1.65 bits per heavy atom. The maximum absolute atomic E-state index is 12.9. The van der Waals surface area contributed by atoms with Crippen LogP contribution in [-0.4, -0.2) is 7.11 Å². The summed E-state index contributed by atoms with van der Waals surface area (Å²) in [7, 11) is 1.69. The van der Waals surface area contributed by atoms with Gasteiger partial charge < -0.3 is 10.1 Å². The van der Waals surface area contributed by atoms with Gasteiger partial charge in [-0.1, -0.05) is 42.5 Å². The lowest BCUT2D eigenvalue weighted by Gasteiger charge is -2.13. The van der Waals surface area contributed by atoms with Crippen LogP contribution in [0.15, 0.2) is 60.7 Å². The van der Waals surface area contributed by atoms with E-state index in [2.05, 4.69) is 23.5 Å². The third-order valence-corrected chi connectivity index (χ3v) is 3.76. The highest BCUT2D eigenvalue weighted by molar-refractivity contribution is 5.87. The molecule has 0 bridgehead atoms. The van der Waals surface area contributed by atoms with E-state index in [1.54, 1.807) is 19.2 Å². The maximum atomic E-state index is 12.9. The van der Waals surface area contributed by atoms with Gasteiger partial charge in [-0.05, 0) is 34.5 Å². The molecule has 0 aliphatic heterocycles. The van der Waals surface area contributed by atoms with E-state index in [4.69, 9.17) is 4.74 Å². The highest BCUT2D eigenvalue weighted by Crippen LogP contribution is 2.27. The average Bonchev–Trinajstić information content (AvgIpc) is 2.56. The van der Waals surface area contributed by atoms with Gasteiger partial charge in [-0.25, -0.2) is 4.39 Å². The lowest BCUT2D eigenvalue weighted by atomic mass is 10.0. The lowest BCUT2D eigenvalue weighted by Crippen LogP contribution is -2.13. The van der Waals surface area contributed by atoms with Crippen LogP contribution in [0.25, 0.3) is 10.8 Å². The number of methoxy groups -OCH3 is 1. The van der Waals surface area contributed by atoms with Crippen LogP contribution in [-0.2, 0) is 13.1 Å². The van der Waals surface area contributed by atoms with Crippen molar-refractivity contribution in [3.63, 3.8) is 0 Å². The summed E-state index contributed by atoms with van der Waals surface area (Å²) in [6.07, 6.45) is 0. The van der Waals surface area contributed by atoms with Crippen LogP contribution < -0.4 is 10.1 Å². The van der Waals surface area contributed by atoms with Crippen molar-refractivity contribution in [2.45, 2.75) is 13.1 Å². The molecule has 0 amide bonds. The molecule has 3 aromatic carbocycles. The first-order valence-corrected chi connectivity index (χ1v) is 7.27. The molecular weight excluding hydrogens is 313 g/mol. The number of hydrogen-bond donors (Lipinski definition) is 1. The summed E-state index contributed by atoms with van der Waals surface area (Å²) in [4.78, 5) is 0. The van der Waals surface area contributed by atoms with E-state index in [0.717, 1.165) is 16.9 Å². The second-order valence-corrected chi connectivity index (χ2v) is 5.20. The number of nitrogens with one attached hydrogen (secondary N) is 1. The first-order chi connectivity index (χ1) is 10.8. The van der Waals surface area contributed by atoms with Gasteiger partial charge in [0.15, 0.2) is 0 Å². The van der Waals surface area contributed by atoms with Gasteiger partial charge in [0.05, 0.1) is 7.11 Å². The number of halogens is 2. The zero-order valence-corrected chi connectivity index (χ0v) is 13.7. The molecule has 0 aromatic heterocycles. The summed E-state index contributed by atoms with van der Waals surface area (Å²) < 4.78 is 18.4. The van der Waals surface area contributed by atoms with Crippen molar-refractivity contribution < 1.29 is 9.13 Å². The van der Waals surface area contributed by atoms with Crippen molar-refractivity contribution in [1.82, 2.24) is 5.32 Å². The normalized spacial score (nSPS) is 10.3. The zero-order valence-electron chi connectivity index (χ0n) is 12.9. The van der Waals surface area contributed by atoms with E-state index in [1.165, 1.54) is 22.9 Å². The lowest BCUT2D eigenvalue weighted by molar-refractivity contribution is 0.408. The Balaban J connectivity index is 0.00000192. The number of hydrogen-bond acceptors (Lipinski definition) is 2. The van der Waals surface area contributed by atoms with Crippen LogP contribution in [0, 0.1) is 5.82 Å². The number of rotatable bonds is 5. The van der Waals surface area contributed by atoms with E-state index in [9.17, 15) is 4.39 Å². The molecule has 0 unspecified atom stereocenters. The van der Waals surface area contributed by atoms with Crippen LogP contribution in [0.4, 0.5) is 4.39 Å². The monoisotopic (exact) mass is 331 g/mol. The highest BCUT2D eigenvalue weighted by atomic mass is 35.5. The maximum Gasteiger partial charge on any atom is 0.123 e. The second-order valence-electron chi connectivity index (χ2n) is 5.20. The Kier molecular flexibility index (Phi) is 5.97. The molecule has 3 aromatic rings. The van der Waals surface area contributed by atoms with Crippen molar-refractivity contribution in [2.75, 3.05) is 7.11 Å². The number of ether oxygens (including phenoxy) is 1. The van der Waals surface area contributed by atoms with Crippen molar-refractivity contribution in [2.24, 2.45) is 0 Å². The van der Waals surface area contributed by atoms with E-state index < -0.39 is 0 Å². The molecule has 4 heteroatoms. The Bertz CT molecular complexity index is 774. The van der Waals surface area contributed by atoms with Gasteiger partial charge in [-0.15, -0.1) is 12.4 Å². The van der Waals surface area contributed by atoms with E-state index in [-0.39, 0.29) is 18.2 Å². The second kappa shape index (κ2) is 7.95. The Hall–Kier alpha value is -2.10. The van der Waals surface area contributed by atoms with Crippen molar-refractivity contribution >= 4 is 23.2 Å². The standard InChI is InChI=1S/C19H18FNO.ClH/c1-22-19-11-8-15-4-2-3-5-17(15)18(19)13-21-12-14-6-9-16(20)10-7-14;/h2-11,21H,12-13H2,1H3;1H. The molecule has 0 aliphatic carbocycles. The molecule has 3 rings (SSSR count). The fraction of sp³-hybridized carbons (Fsp3) is 0.158. The van der Waals surface area contributed by atoms with Crippen molar-refractivity contribution in [3.05, 3.63) is 77.6 Å². The molecule has 23 heavy (non-hydrogen) atoms. The molecule has 0 saturated heterocycles. The minimum atomic E-state index is -0.209. The van der Waals surface area contributed by atoms with E-state index in [1.807, 2.05) is 18.2 Å². The Labute approximate surface area is 141 Å². The molecule has 2 nitrogen and oxygen atoms in total. The molecule has 0 heterocycles. The molecule has 0 atom stereocenters. The summed E-state index contributed by atoms with van der Waals surface area (Å²) in [6.45, 7) is 1.38. The molecule has 1 N–H and O–H groups in total. The summed E-state index contributed by atoms with van der Waals surface area (Å²) in [5.74, 6) is 0.671. The van der Waals surface area contributed by atoms with E-state index in [0.29, 0.717) is 13.1 Å². The minimum Gasteiger partial charge on any atom is -0.496 e. The molecule has 0 spiro atoms. The molecule has 120 valence electrons. The smallest absolute Gasteiger partial charge is 0.123 e. The van der Waals surface area contributed by atoms with Crippen LogP contribution >= 0.6 is 12.4 Å². The Morgan fingerprint density at radius 1 is 0.913 bits per heavy atom. The molecule has 0 aliphatic rings. The largest absolute Gasteiger partial charge is 0.496 e. The summed E-state index contributed by atoms with van der Waals surface area (Å²) >= 11 is 0. The predicted octanol–water partition coefficient (Wildman–Crippen LogP) is 4.70. The quantitative estimate of drug-likeness (QED) is 0.731. The van der Waals surface area contributed by atoms with Gasteiger partial charge in [0, 0.05) is 18.7 Å². The topological polar surface area (TPSA) is 21.3 Å². The predicted molar refractivity (Wildman–Crippen MR) is 94.7 cm³/mol. The van der Waals surface area contributed by atoms with Crippen LogP contribution in [0.3, 0.4) is 0 Å². The minimum absolute atomic E-state index is 0. The zero-order chi connectivity index (χ0) is 15.4. The molecule has 0 fully saturated rings. The third-order valence-electron chi connectivity index (χ3n) is 3.76. The van der Waals surface area contributed by atoms with Crippen LogP contribution in [0.1, 0.15) is 11.1 Å². The third kappa shape index (κ3) is 4.01. The molecular formula is C19H19ClFNO. The van der Waals surface area contributed by atoms with Gasteiger partial charge in [0.25, 0.3) is 0 Å².